The molecule has 1 amide bonds. The molecule has 0 aromatic carbocycles. The van der Waals surface area contributed by atoms with Crippen molar-refractivity contribution in [1.82, 2.24) is 9.97 Å². The van der Waals surface area contributed by atoms with E-state index in [1.165, 1.54) is 19.5 Å². The van der Waals surface area contributed by atoms with Crippen LogP contribution in [0.1, 0.15) is 33.9 Å². The molecule has 1 N–H and O–H groups in total. The first-order valence-electron chi connectivity index (χ1n) is 8.18. The zero-order valence-electron chi connectivity index (χ0n) is 14.8. The zero-order chi connectivity index (χ0) is 18.7. The van der Waals surface area contributed by atoms with Crippen molar-refractivity contribution in [3.8, 4) is 0 Å². The summed E-state index contributed by atoms with van der Waals surface area (Å²) in [5, 5.41) is 2.99. The van der Waals surface area contributed by atoms with Gasteiger partial charge in [0.2, 0.25) is 0 Å². The minimum atomic E-state index is -0.483. The minimum Gasteiger partial charge on any atom is -0.465 e. The molecule has 3 rings (SSSR count). The van der Waals surface area contributed by atoms with Crippen molar-refractivity contribution in [2.75, 3.05) is 30.4 Å². The van der Waals surface area contributed by atoms with E-state index in [1.54, 1.807) is 6.07 Å². The number of hydrogen-bond acceptors (Lipinski definition) is 8. The molecule has 0 saturated carbocycles. The Balaban J connectivity index is 1.65. The third-order valence-electron chi connectivity index (χ3n) is 3.87. The van der Waals surface area contributed by atoms with Crippen LogP contribution in [-0.2, 0) is 9.47 Å². The summed E-state index contributed by atoms with van der Waals surface area (Å²) in [6.45, 7) is 5.58. The van der Waals surface area contributed by atoms with Crippen LogP contribution in [0.3, 0.4) is 0 Å². The molecule has 138 valence electrons. The number of anilines is 2. The van der Waals surface area contributed by atoms with Crippen molar-refractivity contribution in [2.24, 2.45) is 0 Å². The number of ether oxygens (including phenoxy) is 2. The van der Waals surface area contributed by atoms with Gasteiger partial charge in [-0.2, -0.15) is 0 Å². The number of nitrogens with one attached hydrogen (secondary N) is 1. The molecule has 3 heterocycles. The first-order chi connectivity index (χ1) is 12.5. The first kappa shape index (κ1) is 18.3. The molecular formula is C17H20N4O4S. The van der Waals surface area contributed by atoms with E-state index in [0.717, 1.165) is 30.2 Å². The number of thiazole rings is 1. The maximum absolute atomic E-state index is 12.3. The van der Waals surface area contributed by atoms with Crippen molar-refractivity contribution in [2.45, 2.75) is 26.1 Å². The van der Waals surface area contributed by atoms with Crippen molar-refractivity contribution < 1.29 is 19.1 Å². The Labute approximate surface area is 155 Å². The molecule has 1 aliphatic heterocycles. The van der Waals surface area contributed by atoms with Gasteiger partial charge < -0.3 is 14.4 Å². The number of morpholine rings is 1. The second-order valence-corrected chi connectivity index (χ2v) is 7.07. The number of pyridine rings is 1. The highest BCUT2D eigenvalue weighted by atomic mass is 32.1. The van der Waals surface area contributed by atoms with E-state index in [4.69, 9.17) is 4.74 Å². The normalized spacial score (nSPS) is 19.9. The van der Waals surface area contributed by atoms with Crippen LogP contribution in [0.15, 0.2) is 24.5 Å². The standard InChI is InChI=1S/C17H20N4O4S/c1-10-8-21(9-11(2)25-10)14-5-4-12(6-18-14)15(22)20-17-19-7-13(26-17)16(23)24-3/h4-7,10-11H,8-9H2,1-3H3,(H,19,20,22)/t10-,11-/m1/s1. The summed E-state index contributed by atoms with van der Waals surface area (Å²) < 4.78 is 10.3. The predicted molar refractivity (Wildman–Crippen MR) is 97.9 cm³/mol. The smallest absolute Gasteiger partial charge is 0.349 e. The van der Waals surface area contributed by atoms with E-state index in [9.17, 15) is 9.59 Å². The molecule has 2 aromatic heterocycles. The number of hydrogen-bond donors (Lipinski definition) is 1. The quantitative estimate of drug-likeness (QED) is 0.818. The average molecular weight is 376 g/mol. The van der Waals surface area contributed by atoms with Crippen LogP contribution in [0.4, 0.5) is 10.9 Å². The van der Waals surface area contributed by atoms with Crippen LogP contribution in [0.5, 0.6) is 0 Å². The maximum atomic E-state index is 12.3. The van der Waals surface area contributed by atoms with Gasteiger partial charge in [0.05, 0.1) is 31.1 Å². The molecule has 9 heteroatoms. The number of aromatic nitrogens is 2. The SMILES string of the molecule is COC(=O)c1cnc(NC(=O)c2ccc(N3C[C@@H](C)O[C@H](C)C3)nc2)s1. The lowest BCUT2D eigenvalue weighted by Crippen LogP contribution is -2.45. The van der Waals surface area contributed by atoms with Crippen molar-refractivity contribution in [3.63, 3.8) is 0 Å². The lowest BCUT2D eigenvalue weighted by molar-refractivity contribution is -0.00546. The third kappa shape index (κ3) is 4.17. The average Bonchev–Trinajstić information content (AvgIpc) is 3.09. The fourth-order valence-electron chi connectivity index (χ4n) is 2.77. The van der Waals surface area contributed by atoms with E-state index in [-0.39, 0.29) is 18.1 Å². The zero-order valence-corrected chi connectivity index (χ0v) is 15.6. The predicted octanol–water partition coefficient (Wildman–Crippen LogP) is 2.19. The van der Waals surface area contributed by atoms with E-state index in [0.29, 0.717) is 15.6 Å². The second kappa shape index (κ2) is 7.79. The maximum Gasteiger partial charge on any atom is 0.349 e. The molecule has 26 heavy (non-hydrogen) atoms. The highest BCUT2D eigenvalue weighted by molar-refractivity contribution is 7.17. The molecular weight excluding hydrogens is 356 g/mol. The molecule has 1 aliphatic rings. The van der Waals surface area contributed by atoms with Crippen LogP contribution >= 0.6 is 11.3 Å². The molecule has 0 spiro atoms. The minimum absolute atomic E-state index is 0.137. The van der Waals surface area contributed by atoms with E-state index >= 15 is 0 Å². The van der Waals surface area contributed by atoms with Gasteiger partial charge in [0.15, 0.2) is 5.13 Å². The Bertz CT molecular complexity index is 782. The van der Waals surface area contributed by atoms with Gasteiger partial charge in [0.25, 0.3) is 5.91 Å². The third-order valence-corrected chi connectivity index (χ3v) is 4.76. The monoisotopic (exact) mass is 376 g/mol. The number of carbonyl (C=O) groups excluding carboxylic acids is 2. The molecule has 0 radical (unpaired) electrons. The Hall–Kier alpha value is -2.52. The van der Waals surface area contributed by atoms with Crippen molar-refractivity contribution >= 4 is 34.2 Å². The number of methoxy groups -OCH3 is 1. The van der Waals surface area contributed by atoms with E-state index in [1.807, 2.05) is 19.9 Å². The topological polar surface area (TPSA) is 93.6 Å². The van der Waals surface area contributed by atoms with E-state index < -0.39 is 5.97 Å². The molecule has 2 atom stereocenters. The van der Waals surface area contributed by atoms with Gasteiger partial charge in [-0.3, -0.25) is 10.1 Å². The lowest BCUT2D eigenvalue weighted by atomic mass is 10.2. The van der Waals surface area contributed by atoms with Gasteiger partial charge in [0, 0.05) is 19.3 Å². The van der Waals surface area contributed by atoms with Crippen LogP contribution in [0, 0.1) is 0 Å². The number of amides is 1. The second-order valence-electron chi connectivity index (χ2n) is 6.04. The van der Waals surface area contributed by atoms with E-state index in [2.05, 4.69) is 24.9 Å². The van der Waals surface area contributed by atoms with Gasteiger partial charge in [-0.05, 0) is 26.0 Å². The van der Waals surface area contributed by atoms with Gasteiger partial charge in [0.1, 0.15) is 10.7 Å². The Morgan fingerprint density at radius 1 is 1.23 bits per heavy atom. The Morgan fingerprint density at radius 3 is 2.58 bits per heavy atom. The molecule has 0 unspecified atom stereocenters. The van der Waals surface area contributed by atoms with Crippen LogP contribution < -0.4 is 10.2 Å². The number of nitrogens with zero attached hydrogens (tertiary/aromatic N) is 3. The first-order valence-corrected chi connectivity index (χ1v) is 9.00. The highest BCUT2D eigenvalue weighted by Crippen LogP contribution is 2.21. The molecule has 2 aromatic rings. The highest BCUT2D eigenvalue weighted by Gasteiger charge is 2.23. The van der Waals surface area contributed by atoms with Gasteiger partial charge in [-0.1, -0.05) is 11.3 Å². The summed E-state index contributed by atoms with van der Waals surface area (Å²) in [6, 6.07) is 3.54. The summed E-state index contributed by atoms with van der Waals surface area (Å²) in [7, 11) is 1.30. The van der Waals surface area contributed by atoms with Crippen molar-refractivity contribution in [3.05, 3.63) is 35.0 Å². The Morgan fingerprint density at radius 2 is 1.96 bits per heavy atom. The fraction of sp³-hybridized carbons (Fsp3) is 0.412. The van der Waals surface area contributed by atoms with Gasteiger partial charge in [-0.25, -0.2) is 14.8 Å². The molecule has 8 nitrogen and oxygen atoms in total. The number of carbonyl (C=O) groups is 2. The molecule has 1 fully saturated rings. The fourth-order valence-corrected chi connectivity index (χ4v) is 3.50. The molecule has 1 saturated heterocycles. The van der Waals surface area contributed by atoms with Gasteiger partial charge in [-0.15, -0.1) is 0 Å². The lowest BCUT2D eigenvalue weighted by Gasteiger charge is -2.36. The number of esters is 1. The van der Waals surface area contributed by atoms with Crippen molar-refractivity contribution in [1.29, 1.82) is 0 Å². The van der Waals surface area contributed by atoms with Crippen LogP contribution in [-0.4, -0.2) is 54.3 Å². The summed E-state index contributed by atoms with van der Waals surface area (Å²) in [5.74, 6) is -0.00714. The van der Waals surface area contributed by atoms with Crippen LogP contribution in [0.2, 0.25) is 0 Å². The number of rotatable bonds is 4. The summed E-state index contributed by atoms with van der Waals surface area (Å²) in [5.41, 5.74) is 0.415. The molecule has 0 aliphatic carbocycles. The summed E-state index contributed by atoms with van der Waals surface area (Å²) in [6.07, 6.45) is 3.17. The van der Waals surface area contributed by atoms with Gasteiger partial charge >= 0.3 is 5.97 Å². The summed E-state index contributed by atoms with van der Waals surface area (Å²) >= 11 is 1.05. The Kier molecular flexibility index (Phi) is 5.48. The molecule has 0 bridgehead atoms. The summed E-state index contributed by atoms with van der Waals surface area (Å²) in [4.78, 5) is 34.6. The van der Waals surface area contributed by atoms with Crippen LogP contribution in [0.25, 0.3) is 0 Å². The largest absolute Gasteiger partial charge is 0.465 e.